The van der Waals surface area contributed by atoms with Gasteiger partial charge in [0.25, 0.3) is 0 Å². The van der Waals surface area contributed by atoms with Crippen LogP contribution in [-0.4, -0.2) is 17.7 Å². The SMILES string of the molecule is C=C\C=C(C)/C(OCC(=O)O)=C(C)\C=C/C. The monoisotopic (exact) mass is 222 g/mol. The van der Waals surface area contributed by atoms with E-state index in [1.54, 1.807) is 12.2 Å². The molecule has 0 rings (SSSR count). The maximum Gasteiger partial charge on any atom is 0.341 e. The predicted molar refractivity (Wildman–Crippen MR) is 65.1 cm³/mol. The summed E-state index contributed by atoms with van der Waals surface area (Å²) >= 11 is 0. The maximum absolute atomic E-state index is 10.5. The number of carboxylic acids is 1. The van der Waals surface area contributed by atoms with Crippen LogP contribution in [0.3, 0.4) is 0 Å². The smallest absolute Gasteiger partial charge is 0.341 e. The highest BCUT2D eigenvalue weighted by Crippen LogP contribution is 2.17. The first-order valence-corrected chi connectivity index (χ1v) is 5.00. The van der Waals surface area contributed by atoms with Crippen molar-refractivity contribution in [3.63, 3.8) is 0 Å². The van der Waals surface area contributed by atoms with E-state index in [2.05, 4.69) is 6.58 Å². The van der Waals surface area contributed by atoms with Gasteiger partial charge in [0.15, 0.2) is 6.61 Å². The van der Waals surface area contributed by atoms with Gasteiger partial charge in [-0.1, -0.05) is 30.9 Å². The zero-order chi connectivity index (χ0) is 12.6. The third kappa shape index (κ3) is 5.20. The zero-order valence-electron chi connectivity index (χ0n) is 9.99. The molecule has 0 aromatic rings. The highest BCUT2D eigenvalue weighted by Gasteiger charge is 2.07. The summed E-state index contributed by atoms with van der Waals surface area (Å²) in [7, 11) is 0. The van der Waals surface area contributed by atoms with E-state index in [9.17, 15) is 4.79 Å². The van der Waals surface area contributed by atoms with E-state index in [1.165, 1.54) is 0 Å². The van der Waals surface area contributed by atoms with Gasteiger partial charge in [-0.3, -0.25) is 0 Å². The Labute approximate surface area is 96.4 Å². The Kier molecular flexibility index (Phi) is 6.68. The van der Waals surface area contributed by atoms with Crippen LogP contribution in [-0.2, 0) is 9.53 Å². The molecule has 0 fully saturated rings. The fourth-order valence-corrected chi connectivity index (χ4v) is 1.25. The number of aliphatic carboxylic acids is 1. The van der Waals surface area contributed by atoms with Crippen molar-refractivity contribution in [1.29, 1.82) is 0 Å². The minimum Gasteiger partial charge on any atom is -0.481 e. The normalized spacial score (nSPS) is 13.6. The van der Waals surface area contributed by atoms with E-state index in [-0.39, 0.29) is 6.61 Å². The fraction of sp³-hybridized carbons (Fsp3) is 0.308. The topological polar surface area (TPSA) is 46.5 Å². The molecule has 0 aliphatic heterocycles. The minimum atomic E-state index is -0.989. The Morgan fingerprint density at radius 3 is 2.50 bits per heavy atom. The number of carbonyl (C=O) groups is 1. The van der Waals surface area contributed by atoms with E-state index in [1.807, 2.05) is 32.9 Å². The van der Waals surface area contributed by atoms with Crippen molar-refractivity contribution in [2.45, 2.75) is 20.8 Å². The number of hydrogen-bond acceptors (Lipinski definition) is 2. The molecule has 0 aromatic heterocycles. The lowest BCUT2D eigenvalue weighted by Crippen LogP contribution is -2.08. The molecule has 0 saturated heterocycles. The molecule has 0 bridgehead atoms. The van der Waals surface area contributed by atoms with Gasteiger partial charge in [-0.15, -0.1) is 0 Å². The average molecular weight is 222 g/mol. The molecule has 0 saturated carbocycles. The summed E-state index contributed by atoms with van der Waals surface area (Å²) in [4.78, 5) is 10.5. The molecule has 0 spiro atoms. The lowest BCUT2D eigenvalue weighted by Gasteiger charge is -2.11. The fourth-order valence-electron chi connectivity index (χ4n) is 1.25. The lowest BCUT2D eigenvalue weighted by atomic mass is 10.1. The van der Waals surface area contributed by atoms with Crippen molar-refractivity contribution in [3.05, 3.63) is 47.8 Å². The molecule has 3 nitrogen and oxygen atoms in total. The van der Waals surface area contributed by atoms with Gasteiger partial charge in [0.1, 0.15) is 5.76 Å². The van der Waals surface area contributed by atoms with E-state index < -0.39 is 5.97 Å². The second kappa shape index (κ2) is 7.51. The van der Waals surface area contributed by atoms with Gasteiger partial charge < -0.3 is 9.84 Å². The van der Waals surface area contributed by atoms with Crippen molar-refractivity contribution in [2.75, 3.05) is 6.61 Å². The van der Waals surface area contributed by atoms with Crippen LogP contribution >= 0.6 is 0 Å². The van der Waals surface area contributed by atoms with Crippen LogP contribution in [0.4, 0.5) is 0 Å². The number of hydrogen-bond donors (Lipinski definition) is 1. The van der Waals surface area contributed by atoms with Crippen molar-refractivity contribution in [1.82, 2.24) is 0 Å². The molecular formula is C13H18O3. The molecule has 0 heterocycles. The van der Waals surface area contributed by atoms with Gasteiger partial charge in [0.05, 0.1) is 0 Å². The van der Waals surface area contributed by atoms with Gasteiger partial charge in [-0.2, -0.15) is 0 Å². The first-order chi connectivity index (χ1) is 7.52. The predicted octanol–water partition coefficient (Wildman–Crippen LogP) is 3.07. The van der Waals surface area contributed by atoms with Gasteiger partial charge in [-0.25, -0.2) is 4.79 Å². The molecule has 0 unspecified atom stereocenters. The molecule has 16 heavy (non-hydrogen) atoms. The lowest BCUT2D eigenvalue weighted by molar-refractivity contribution is -0.140. The molecule has 1 N–H and O–H groups in total. The van der Waals surface area contributed by atoms with E-state index >= 15 is 0 Å². The largest absolute Gasteiger partial charge is 0.481 e. The molecule has 0 aromatic carbocycles. The summed E-state index contributed by atoms with van der Waals surface area (Å²) in [5.41, 5.74) is 1.74. The summed E-state index contributed by atoms with van der Waals surface area (Å²) in [6, 6.07) is 0. The second-order valence-electron chi connectivity index (χ2n) is 3.28. The summed E-state index contributed by atoms with van der Waals surface area (Å²) in [5.74, 6) is -0.405. The van der Waals surface area contributed by atoms with Crippen LogP contribution < -0.4 is 0 Å². The molecule has 0 aliphatic carbocycles. The summed E-state index contributed by atoms with van der Waals surface area (Å²) in [5, 5.41) is 8.58. The Morgan fingerprint density at radius 1 is 1.44 bits per heavy atom. The van der Waals surface area contributed by atoms with Crippen LogP contribution in [0.2, 0.25) is 0 Å². The van der Waals surface area contributed by atoms with E-state index in [4.69, 9.17) is 9.84 Å². The third-order valence-electron chi connectivity index (χ3n) is 1.84. The molecular weight excluding hydrogens is 204 g/mol. The van der Waals surface area contributed by atoms with Crippen LogP contribution in [0.1, 0.15) is 20.8 Å². The Balaban J connectivity index is 5.04. The van der Waals surface area contributed by atoms with Crippen LogP contribution in [0.15, 0.2) is 47.8 Å². The van der Waals surface area contributed by atoms with E-state index in [0.29, 0.717) is 5.76 Å². The maximum atomic E-state index is 10.5. The first-order valence-electron chi connectivity index (χ1n) is 5.00. The van der Waals surface area contributed by atoms with Crippen LogP contribution in [0.25, 0.3) is 0 Å². The van der Waals surface area contributed by atoms with Gasteiger partial charge in [0, 0.05) is 0 Å². The van der Waals surface area contributed by atoms with Crippen LogP contribution in [0, 0.1) is 0 Å². The second-order valence-corrected chi connectivity index (χ2v) is 3.28. The number of ether oxygens (including phenoxy) is 1. The Morgan fingerprint density at radius 2 is 2.06 bits per heavy atom. The van der Waals surface area contributed by atoms with Gasteiger partial charge in [0.2, 0.25) is 0 Å². The van der Waals surface area contributed by atoms with Gasteiger partial charge >= 0.3 is 5.97 Å². The minimum absolute atomic E-state index is 0.341. The number of carboxylic acid groups (broad SMARTS) is 1. The number of rotatable bonds is 6. The van der Waals surface area contributed by atoms with Crippen LogP contribution in [0.5, 0.6) is 0 Å². The average Bonchev–Trinajstić information content (AvgIpc) is 2.18. The summed E-state index contributed by atoms with van der Waals surface area (Å²) < 4.78 is 5.24. The molecule has 3 heteroatoms. The molecule has 0 amide bonds. The number of allylic oxidation sites excluding steroid dienone is 6. The summed E-state index contributed by atoms with van der Waals surface area (Å²) in [6.45, 7) is 8.87. The molecule has 0 radical (unpaired) electrons. The zero-order valence-corrected chi connectivity index (χ0v) is 9.99. The van der Waals surface area contributed by atoms with Gasteiger partial charge in [-0.05, 0) is 31.9 Å². The Bertz CT molecular complexity index is 346. The highest BCUT2D eigenvalue weighted by atomic mass is 16.5. The quantitative estimate of drug-likeness (QED) is 0.555. The van der Waals surface area contributed by atoms with Crippen molar-refractivity contribution >= 4 is 5.97 Å². The van der Waals surface area contributed by atoms with Crippen molar-refractivity contribution in [2.24, 2.45) is 0 Å². The first kappa shape index (κ1) is 14.2. The standard InChI is InChI=1S/C13H18O3/c1-5-7-10(3)13(11(4)8-6-2)16-9-12(14)15/h5-8H,1,9H2,2-4H3,(H,14,15)/b8-6-,10-7-,13-11+. The molecule has 88 valence electrons. The Hall–Kier alpha value is -1.77. The highest BCUT2D eigenvalue weighted by molar-refractivity contribution is 5.68. The van der Waals surface area contributed by atoms with E-state index in [0.717, 1.165) is 11.1 Å². The molecule has 0 atom stereocenters. The third-order valence-corrected chi connectivity index (χ3v) is 1.84. The van der Waals surface area contributed by atoms with Crippen molar-refractivity contribution in [3.8, 4) is 0 Å². The van der Waals surface area contributed by atoms with Crippen molar-refractivity contribution < 1.29 is 14.6 Å². The molecule has 0 aliphatic rings. The summed E-state index contributed by atoms with van der Waals surface area (Å²) in [6.07, 6.45) is 7.17.